The monoisotopic (exact) mass is 245 g/mol. The number of amides is 1. The molecule has 3 nitrogen and oxygen atoms in total. The number of carbonyl (C=O) groups excluding carboxylic acids is 1. The molecule has 13 heavy (non-hydrogen) atoms. The van der Waals surface area contributed by atoms with Gasteiger partial charge in [-0.25, -0.2) is 0 Å². The summed E-state index contributed by atoms with van der Waals surface area (Å²) >= 11 is 2.91. The second-order valence-corrected chi connectivity index (χ2v) is 3.48. The molecule has 4 heteroatoms. The molecular weight excluding hydrogens is 234 g/mol. The normalized spacial score (nSPS) is 21.1. The predicted octanol–water partition coefficient (Wildman–Crippen LogP) is 0.837. The lowest BCUT2D eigenvalue weighted by atomic mass is 10.1. The highest BCUT2D eigenvalue weighted by molar-refractivity contribution is 9.12. The molecule has 1 saturated heterocycles. The molecule has 0 bridgehead atoms. The quantitative estimate of drug-likeness (QED) is 0.675. The fourth-order valence-corrected chi connectivity index (χ4v) is 1.68. The van der Waals surface area contributed by atoms with Crippen LogP contribution in [0.5, 0.6) is 0 Å². The number of rotatable bonds is 2. The van der Waals surface area contributed by atoms with E-state index in [1.165, 1.54) is 0 Å². The molecule has 1 amide bonds. The minimum atomic E-state index is -0.101. The number of ether oxygens (including phenoxy) is 1. The molecule has 1 rings (SSSR count). The van der Waals surface area contributed by atoms with E-state index in [4.69, 9.17) is 4.74 Å². The summed E-state index contributed by atoms with van der Waals surface area (Å²) in [7, 11) is 1.68. The van der Waals surface area contributed by atoms with Gasteiger partial charge < -0.3 is 9.64 Å². The third-order valence-electron chi connectivity index (χ3n) is 2.13. The molecule has 0 aromatic carbocycles. The highest BCUT2D eigenvalue weighted by Crippen LogP contribution is 2.15. The van der Waals surface area contributed by atoms with Gasteiger partial charge in [0.05, 0.1) is 6.61 Å². The lowest BCUT2D eigenvalue weighted by molar-refractivity contribution is -0.124. The van der Waals surface area contributed by atoms with E-state index in [0.717, 1.165) is 26.1 Å². The van der Waals surface area contributed by atoms with Crippen molar-refractivity contribution in [3.63, 3.8) is 0 Å². The average molecular weight is 246 g/mol. The van der Waals surface area contributed by atoms with Gasteiger partial charge in [0.15, 0.2) is 0 Å². The molecule has 72 valence electrons. The zero-order valence-electron chi connectivity index (χ0n) is 7.55. The van der Waals surface area contributed by atoms with Crippen LogP contribution in [0.4, 0.5) is 0 Å². The fraction of sp³-hybridized carbons (Fsp3) is 0.667. The Hall–Kier alpha value is -0.530. The van der Waals surface area contributed by atoms with Crippen molar-refractivity contribution in [3.05, 3.63) is 0 Å². The van der Waals surface area contributed by atoms with Gasteiger partial charge in [0.2, 0.25) is 0 Å². The van der Waals surface area contributed by atoms with Crippen molar-refractivity contribution < 1.29 is 9.53 Å². The van der Waals surface area contributed by atoms with Crippen LogP contribution in [0, 0.1) is 16.7 Å². The van der Waals surface area contributed by atoms with Crippen molar-refractivity contribution >= 4 is 21.8 Å². The topological polar surface area (TPSA) is 29.5 Å². The number of halogens is 1. The number of likely N-dealkylation sites (tertiary alicyclic amines) is 1. The molecule has 0 aromatic rings. The highest BCUT2D eigenvalue weighted by Gasteiger charge is 2.24. The molecule has 0 radical (unpaired) electrons. The molecule has 0 aliphatic carbocycles. The van der Waals surface area contributed by atoms with Crippen LogP contribution < -0.4 is 0 Å². The van der Waals surface area contributed by atoms with Crippen molar-refractivity contribution in [2.45, 2.75) is 6.42 Å². The van der Waals surface area contributed by atoms with E-state index >= 15 is 0 Å². The molecule has 1 atom stereocenters. The second kappa shape index (κ2) is 5.25. The van der Waals surface area contributed by atoms with Gasteiger partial charge in [0, 0.05) is 48.0 Å². The largest absolute Gasteiger partial charge is 0.384 e. The number of nitrogens with zero attached hydrogens (tertiary/aromatic N) is 1. The first-order valence-electron chi connectivity index (χ1n) is 4.17. The number of carbonyl (C=O) groups is 1. The number of hydrogen-bond acceptors (Lipinski definition) is 2. The maximum atomic E-state index is 11.3. The Morgan fingerprint density at radius 2 is 2.54 bits per heavy atom. The van der Waals surface area contributed by atoms with E-state index in [1.807, 2.05) is 0 Å². The Kier molecular flexibility index (Phi) is 4.26. The minimum Gasteiger partial charge on any atom is -0.384 e. The third-order valence-corrected chi connectivity index (χ3v) is 2.33. The molecular formula is C9H12BrNO2. The summed E-state index contributed by atoms with van der Waals surface area (Å²) in [5.74, 6) is 2.84. The maximum absolute atomic E-state index is 11.3. The van der Waals surface area contributed by atoms with Crippen LogP contribution in [0.15, 0.2) is 0 Å². The van der Waals surface area contributed by atoms with Crippen molar-refractivity contribution in [1.82, 2.24) is 4.90 Å². The molecule has 0 saturated carbocycles. The summed E-state index contributed by atoms with van der Waals surface area (Å²) in [6.45, 7) is 2.30. The smallest absolute Gasteiger partial charge is 0.299 e. The van der Waals surface area contributed by atoms with Gasteiger partial charge in [-0.1, -0.05) is 0 Å². The van der Waals surface area contributed by atoms with Crippen LogP contribution in [-0.4, -0.2) is 37.6 Å². The summed E-state index contributed by atoms with van der Waals surface area (Å²) in [6.07, 6.45) is 1.02. The third kappa shape index (κ3) is 3.02. The highest BCUT2D eigenvalue weighted by atomic mass is 79.9. The van der Waals surface area contributed by atoms with Gasteiger partial charge in [-0.05, 0) is 11.3 Å². The zero-order valence-corrected chi connectivity index (χ0v) is 9.13. The van der Waals surface area contributed by atoms with Crippen molar-refractivity contribution in [3.8, 4) is 10.8 Å². The van der Waals surface area contributed by atoms with Crippen LogP contribution in [0.25, 0.3) is 0 Å². The van der Waals surface area contributed by atoms with E-state index in [-0.39, 0.29) is 5.91 Å². The Labute approximate surface area is 86.6 Å². The van der Waals surface area contributed by atoms with E-state index in [2.05, 4.69) is 26.7 Å². The van der Waals surface area contributed by atoms with Crippen LogP contribution in [0.2, 0.25) is 0 Å². The van der Waals surface area contributed by atoms with E-state index in [1.54, 1.807) is 12.0 Å². The Bertz CT molecular complexity index is 244. The number of hydrogen-bond donors (Lipinski definition) is 0. The first kappa shape index (κ1) is 10.6. The lowest BCUT2D eigenvalue weighted by Crippen LogP contribution is -2.27. The molecule has 1 aliphatic heterocycles. The zero-order chi connectivity index (χ0) is 9.68. The summed E-state index contributed by atoms with van der Waals surface area (Å²) in [4.78, 5) is 15.5. The number of methoxy groups -OCH3 is 1. The van der Waals surface area contributed by atoms with Crippen LogP contribution in [0.3, 0.4) is 0 Å². The summed E-state index contributed by atoms with van der Waals surface area (Å²) < 4.78 is 5.03. The minimum absolute atomic E-state index is 0.101. The molecule has 1 heterocycles. The van der Waals surface area contributed by atoms with E-state index < -0.39 is 0 Å². The van der Waals surface area contributed by atoms with Gasteiger partial charge >= 0.3 is 0 Å². The summed E-state index contributed by atoms with van der Waals surface area (Å²) in [6, 6.07) is 0. The Balaban J connectivity index is 2.39. The van der Waals surface area contributed by atoms with Crippen LogP contribution >= 0.6 is 15.9 Å². The van der Waals surface area contributed by atoms with Crippen LogP contribution in [-0.2, 0) is 9.53 Å². The molecule has 1 fully saturated rings. The Morgan fingerprint density at radius 1 is 1.77 bits per heavy atom. The maximum Gasteiger partial charge on any atom is 0.299 e. The van der Waals surface area contributed by atoms with Crippen LogP contribution in [0.1, 0.15) is 6.42 Å². The van der Waals surface area contributed by atoms with Gasteiger partial charge in [0.25, 0.3) is 5.91 Å². The first-order chi connectivity index (χ1) is 6.27. The predicted molar refractivity (Wildman–Crippen MR) is 53.3 cm³/mol. The molecule has 0 aromatic heterocycles. The standard InChI is InChI=1S/C9H12BrNO2/c1-13-7-8-3-5-11(6-8)9(12)2-4-10/h8H,3,5-7H2,1H3. The van der Waals surface area contributed by atoms with Crippen molar-refractivity contribution in [2.75, 3.05) is 26.8 Å². The SMILES string of the molecule is COCC1CCN(C(=O)C#CBr)C1. The van der Waals surface area contributed by atoms with Gasteiger partial charge in [-0.15, -0.1) is 0 Å². The summed E-state index contributed by atoms with van der Waals surface area (Å²) in [5, 5.41) is 0. The molecule has 1 unspecified atom stereocenters. The van der Waals surface area contributed by atoms with Crippen molar-refractivity contribution in [1.29, 1.82) is 0 Å². The Morgan fingerprint density at radius 3 is 3.15 bits per heavy atom. The second-order valence-electron chi connectivity index (χ2n) is 3.08. The molecule has 1 aliphatic rings. The van der Waals surface area contributed by atoms with E-state index in [9.17, 15) is 4.79 Å². The fourth-order valence-electron chi connectivity index (χ4n) is 1.51. The van der Waals surface area contributed by atoms with Crippen molar-refractivity contribution in [2.24, 2.45) is 5.92 Å². The van der Waals surface area contributed by atoms with E-state index in [0.29, 0.717) is 5.92 Å². The first-order valence-corrected chi connectivity index (χ1v) is 4.96. The molecule has 0 N–H and O–H groups in total. The lowest BCUT2D eigenvalue weighted by Gasteiger charge is -2.12. The van der Waals surface area contributed by atoms with Gasteiger partial charge in [-0.2, -0.15) is 0 Å². The average Bonchev–Trinajstić information content (AvgIpc) is 2.54. The van der Waals surface area contributed by atoms with Gasteiger partial charge in [0.1, 0.15) is 0 Å². The van der Waals surface area contributed by atoms with Gasteiger partial charge in [-0.3, -0.25) is 4.79 Å². The molecule has 0 spiro atoms. The summed E-state index contributed by atoms with van der Waals surface area (Å²) in [5.41, 5.74) is 0.